The van der Waals surface area contributed by atoms with Gasteiger partial charge in [-0.3, -0.25) is 20.4 Å². The molecule has 1 aromatic carbocycles. The number of anilines is 1. The van der Waals surface area contributed by atoms with Crippen molar-refractivity contribution >= 4 is 28.3 Å². The van der Waals surface area contributed by atoms with Gasteiger partial charge in [0.1, 0.15) is 11.4 Å². The Balaban J connectivity index is 1.46. The minimum Gasteiger partial charge on any atom is -0.484 e. The summed E-state index contributed by atoms with van der Waals surface area (Å²) >= 11 is 1.30. The van der Waals surface area contributed by atoms with Crippen LogP contribution in [0.2, 0.25) is 0 Å². The van der Waals surface area contributed by atoms with Gasteiger partial charge < -0.3 is 14.4 Å². The SMILES string of the molecule is O=C(COc1cccc(C(F)(F)F)c1)NNC(=O)c1csc(N2CCOCC2)n1. The first-order chi connectivity index (χ1) is 13.8. The van der Waals surface area contributed by atoms with E-state index in [1.807, 2.05) is 4.90 Å². The van der Waals surface area contributed by atoms with Crippen LogP contribution in [0.15, 0.2) is 29.6 Å². The third-order valence-corrected chi connectivity index (χ3v) is 4.75. The van der Waals surface area contributed by atoms with Crippen LogP contribution < -0.4 is 20.5 Å². The molecule has 1 aliphatic rings. The van der Waals surface area contributed by atoms with Crippen molar-refractivity contribution < 1.29 is 32.2 Å². The normalized spacial score (nSPS) is 14.4. The minimum absolute atomic E-state index is 0.115. The Morgan fingerprint density at radius 1 is 1.24 bits per heavy atom. The van der Waals surface area contributed by atoms with Crippen molar-refractivity contribution in [1.82, 2.24) is 15.8 Å². The van der Waals surface area contributed by atoms with Crippen LogP contribution in [0.25, 0.3) is 0 Å². The summed E-state index contributed by atoms with van der Waals surface area (Å²) in [4.78, 5) is 30.1. The molecule has 0 atom stereocenters. The average molecular weight is 430 g/mol. The van der Waals surface area contributed by atoms with Crippen molar-refractivity contribution in [1.29, 1.82) is 0 Å². The van der Waals surface area contributed by atoms with Gasteiger partial charge in [0.2, 0.25) is 0 Å². The predicted molar refractivity (Wildman–Crippen MR) is 97.7 cm³/mol. The van der Waals surface area contributed by atoms with E-state index >= 15 is 0 Å². The number of carbonyl (C=O) groups excluding carboxylic acids is 2. The lowest BCUT2D eigenvalue weighted by atomic mass is 10.2. The van der Waals surface area contributed by atoms with E-state index in [0.717, 1.165) is 12.1 Å². The summed E-state index contributed by atoms with van der Waals surface area (Å²) in [7, 11) is 0. The lowest BCUT2D eigenvalue weighted by molar-refractivity contribution is -0.137. The molecule has 0 saturated carbocycles. The second kappa shape index (κ2) is 9.09. The molecule has 3 rings (SSSR count). The zero-order valence-electron chi connectivity index (χ0n) is 15.0. The van der Waals surface area contributed by atoms with E-state index in [1.165, 1.54) is 23.5 Å². The Kier molecular flexibility index (Phi) is 6.54. The number of hydrogen-bond acceptors (Lipinski definition) is 7. The van der Waals surface area contributed by atoms with Gasteiger partial charge in [-0.1, -0.05) is 6.07 Å². The average Bonchev–Trinajstić information content (AvgIpc) is 3.21. The van der Waals surface area contributed by atoms with Gasteiger partial charge in [0.05, 0.1) is 18.8 Å². The van der Waals surface area contributed by atoms with Gasteiger partial charge in [0.15, 0.2) is 11.7 Å². The zero-order valence-corrected chi connectivity index (χ0v) is 15.8. The number of hydrazine groups is 1. The van der Waals surface area contributed by atoms with Gasteiger partial charge >= 0.3 is 6.18 Å². The van der Waals surface area contributed by atoms with Gasteiger partial charge in [-0.25, -0.2) is 4.98 Å². The van der Waals surface area contributed by atoms with Crippen molar-refractivity contribution in [2.75, 3.05) is 37.8 Å². The highest BCUT2D eigenvalue weighted by Crippen LogP contribution is 2.31. The Morgan fingerprint density at radius 3 is 2.72 bits per heavy atom. The number of aromatic nitrogens is 1. The molecule has 0 radical (unpaired) electrons. The number of rotatable bonds is 5. The molecule has 1 aliphatic heterocycles. The van der Waals surface area contributed by atoms with Crippen LogP contribution in [0.1, 0.15) is 16.1 Å². The van der Waals surface area contributed by atoms with Crippen molar-refractivity contribution in [2.45, 2.75) is 6.18 Å². The van der Waals surface area contributed by atoms with Crippen molar-refractivity contribution in [3.05, 3.63) is 40.9 Å². The summed E-state index contributed by atoms with van der Waals surface area (Å²) < 4.78 is 48.3. The fourth-order valence-electron chi connectivity index (χ4n) is 2.41. The highest BCUT2D eigenvalue weighted by atomic mass is 32.1. The molecule has 0 bridgehead atoms. The Bertz CT molecular complexity index is 868. The third-order valence-electron chi connectivity index (χ3n) is 3.85. The monoisotopic (exact) mass is 430 g/mol. The summed E-state index contributed by atoms with van der Waals surface area (Å²) in [6.07, 6.45) is -4.51. The maximum atomic E-state index is 12.7. The van der Waals surface area contributed by atoms with Crippen molar-refractivity contribution in [3.8, 4) is 5.75 Å². The Hall–Kier alpha value is -2.86. The Labute approximate surface area is 167 Å². The van der Waals surface area contributed by atoms with Crippen molar-refractivity contribution in [2.24, 2.45) is 0 Å². The number of halogens is 3. The molecular weight excluding hydrogens is 413 g/mol. The van der Waals surface area contributed by atoms with E-state index in [2.05, 4.69) is 15.8 Å². The second-order valence-electron chi connectivity index (χ2n) is 5.93. The maximum Gasteiger partial charge on any atom is 0.416 e. The molecule has 1 saturated heterocycles. The molecule has 1 aromatic heterocycles. The first kappa shape index (κ1) is 20.9. The van der Waals surface area contributed by atoms with Gasteiger partial charge in [-0.15, -0.1) is 11.3 Å². The fraction of sp³-hybridized carbons (Fsp3) is 0.353. The number of thiazole rings is 1. The zero-order chi connectivity index (χ0) is 20.9. The summed E-state index contributed by atoms with van der Waals surface area (Å²) in [5.41, 5.74) is 3.57. The molecule has 2 aromatic rings. The van der Waals surface area contributed by atoms with Crippen LogP contribution in [-0.2, 0) is 15.7 Å². The topological polar surface area (TPSA) is 92.8 Å². The van der Waals surface area contributed by atoms with Crippen LogP contribution in [0.5, 0.6) is 5.75 Å². The standard InChI is InChI=1S/C17H17F3N4O4S/c18-17(19,20)11-2-1-3-12(8-11)28-9-14(25)22-23-15(26)13-10-29-16(21-13)24-4-6-27-7-5-24/h1-3,8,10H,4-7,9H2,(H,22,25)(H,23,26). The van der Waals surface area contributed by atoms with E-state index in [0.29, 0.717) is 31.4 Å². The highest BCUT2D eigenvalue weighted by Gasteiger charge is 2.30. The number of nitrogens with one attached hydrogen (secondary N) is 2. The Morgan fingerprint density at radius 2 is 2.00 bits per heavy atom. The third kappa shape index (κ3) is 5.81. The number of alkyl halides is 3. The molecule has 2 heterocycles. The van der Waals surface area contributed by atoms with E-state index in [9.17, 15) is 22.8 Å². The predicted octanol–water partition coefficient (Wildman–Crippen LogP) is 1.84. The second-order valence-corrected chi connectivity index (χ2v) is 6.77. The lowest BCUT2D eigenvalue weighted by Gasteiger charge is -2.25. The number of morpholine rings is 1. The largest absolute Gasteiger partial charge is 0.484 e. The van der Waals surface area contributed by atoms with E-state index in [-0.39, 0.29) is 11.4 Å². The summed E-state index contributed by atoms with van der Waals surface area (Å²) in [6.45, 7) is 1.96. The van der Waals surface area contributed by atoms with Crippen LogP contribution in [0.4, 0.5) is 18.3 Å². The van der Waals surface area contributed by atoms with E-state index in [1.54, 1.807) is 5.38 Å². The minimum atomic E-state index is -4.51. The van der Waals surface area contributed by atoms with Crippen LogP contribution >= 0.6 is 11.3 Å². The molecule has 8 nitrogen and oxygen atoms in total. The molecule has 12 heteroatoms. The van der Waals surface area contributed by atoms with Crippen LogP contribution in [-0.4, -0.2) is 49.7 Å². The van der Waals surface area contributed by atoms with Gasteiger partial charge in [-0.2, -0.15) is 13.2 Å². The maximum absolute atomic E-state index is 12.7. The molecule has 0 spiro atoms. The number of amides is 2. The summed E-state index contributed by atoms with van der Waals surface area (Å²) in [5.74, 6) is -1.47. The molecule has 0 unspecified atom stereocenters. The molecular formula is C17H17F3N4O4S. The molecule has 29 heavy (non-hydrogen) atoms. The highest BCUT2D eigenvalue weighted by molar-refractivity contribution is 7.13. The first-order valence-corrected chi connectivity index (χ1v) is 9.38. The number of carbonyl (C=O) groups is 2. The molecule has 2 amide bonds. The fourth-order valence-corrected chi connectivity index (χ4v) is 3.27. The molecule has 1 fully saturated rings. The van der Waals surface area contributed by atoms with Gasteiger partial charge in [-0.05, 0) is 18.2 Å². The number of hydrogen-bond donors (Lipinski definition) is 2. The van der Waals surface area contributed by atoms with Gasteiger partial charge in [0, 0.05) is 18.5 Å². The van der Waals surface area contributed by atoms with Gasteiger partial charge in [0.25, 0.3) is 11.8 Å². The quantitative estimate of drug-likeness (QED) is 0.704. The van der Waals surface area contributed by atoms with Crippen LogP contribution in [0.3, 0.4) is 0 Å². The summed E-state index contributed by atoms with van der Waals surface area (Å²) in [6, 6.07) is 4.15. The van der Waals surface area contributed by atoms with E-state index < -0.39 is 30.2 Å². The molecule has 156 valence electrons. The molecule has 2 N–H and O–H groups in total. The van der Waals surface area contributed by atoms with E-state index in [4.69, 9.17) is 9.47 Å². The summed E-state index contributed by atoms with van der Waals surface area (Å²) in [5, 5.41) is 2.24. The number of benzene rings is 1. The lowest BCUT2D eigenvalue weighted by Crippen LogP contribution is -2.44. The molecule has 0 aliphatic carbocycles. The number of nitrogens with zero attached hydrogens (tertiary/aromatic N) is 2. The van der Waals surface area contributed by atoms with Crippen molar-refractivity contribution in [3.63, 3.8) is 0 Å². The van der Waals surface area contributed by atoms with Crippen LogP contribution in [0, 0.1) is 0 Å². The first-order valence-electron chi connectivity index (χ1n) is 8.50. The smallest absolute Gasteiger partial charge is 0.416 e. The number of ether oxygens (including phenoxy) is 2.